The molecule has 0 saturated carbocycles. The van der Waals surface area contributed by atoms with Gasteiger partial charge in [0.15, 0.2) is 0 Å². The van der Waals surface area contributed by atoms with Crippen LogP contribution in [0.15, 0.2) is 5.11 Å². The van der Waals surface area contributed by atoms with Crippen LogP contribution in [0.2, 0.25) is 0 Å². The second-order valence-electron chi connectivity index (χ2n) is 10.7. The minimum Gasteiger partial charge on any atom is -0.463 e. The van der Waals surface area contributed by atoms with Gasteiger partial charge in [-0.15, -0.1) is 0 Å². The first-order chi connectivity index (χ1) is 17.8. The van der Waals surface area contributed by atoms with Crippen molar-refractivity contribution < 1.29 is 38.1 Å². The Hall–Kier alpha value is -2.40. The first-order valence-corrected chi connectivity index (χ1v) is 13.4. The lowest BCUT2D eigenvalue weighted by Crippen LogP contribution is -2.53. The lowest BCUT2D eigenvalue weighted by atomic mass is 9.83. The molecule has 1 aliphatic rings. The van der Waals surface area contributed by atoms with E-state index in [0.29, 0.717) is 19.6 Å². The van der Waals surface area contributed by atoms with Crippen molar-refractivity contribution in [3.05, 3.63) is 10.4 Å². The highest BCUT2D eigenvalue weighted by atomic mass is 16.7. The number of hydrogen-bond donors (Lipinski definition) is 0. The Bertz CT molecular complexity index is 797. The van der Waals surface area contributed by atoms with Crippen LogP contribution in [0, 0.1) is 11.8 Å². The van der Waals surface area contributed by atoms with Gasteiger partial charge in [0.1, 0.15) is 18.3 Å². The van der Waals surface area contributed by atoms with Crippen molar-refractivity contribution in [3.8, 4) is 0 Å². The van der Waals surface area contributed by atoms with Gasteiger partial charge in [-0.2, -0.15) is 0 Å². The van der Waals surface area contributed by atoms with E-state index in [1.165, 1.54) is 13.8 Å². The zero-order valence-electron chi connectivity index (χ0n) is 24.0. The number of carbonyl (C=O) groups is 3. The van der Waals surface area contributed by atoms with Gasteiger partial charge in [0.05, 0.1) is 19.3 Å². The van der Waals surface area contributed by atoms with Crippen LogP contribution < -0.4 is 0 Å². The van der Waals surface area contributed by atoms with Gasteiger partial charge < -0.3 is 23.7 Å². The third kappa shape index (κ3) is 13.9. The Morgan fingerprint density at radius 1 is 1.00 bits per heavy atom. The van der Waals surface area contributed by atoms with E-state index in [-0.39, 0.29) is 37.6 Å². The molecular weight excluding hydrogens is 496 g/mol. The fourth-order valence-corrected chi connectivity index (χ4v) is 4.20. The molecule has 0 amide bonds. The maximum atomic E-state index is 12.5. The molecule has 12 nitrogen and oxygen atoms in total. The van der Waals surface area contributed by atoms with Crippen molar-refractivity contribution in [2.75, 3.05) is 39.4 Å². The molecule has 12 heteroatoms. The van der Waals surface area contributed by atoms with Crippen LogP contribution in [0.5, 0.6) is 0 Å². The van der Waals surface area contributed by atoms with E-state index in [0.717, 1.165) is 25.7 Å². The molecule has 0 bridgehead atoms. The van der Waals surface area contributed by atoms with Crippen LogP contribution in [0.4, 0.5) is 0 Å². The molecule has 0 N–H and O–H groups in total. The molecule has 0 aromatic heterocycles. The number of azide groups is 1. The number of unbranched alkanes of at least 4 members (excludes halogenated alkanes) is 3. The number of rotatable bonds is 16. The molecule has 0 aliphatic carbocycles. The molecule has 1 fully saturated rings. The van der Waals surface area contributed by atoms with Gasteiger partial charge in [0.2, 0.25) is 6.29 Å². The van der Waals surface area contributed by atoms with Crippen LogP contribution in [0.1, 0.15) is 74.1 Å². The van der Waals surface area contributed by atoms with Gasteiger partial charge in [-0.25, -0.2) is 0 Å². The minimum atomic E-state index is -0.936. The smallest absolute Gasteiger partial charge is 0.320 e. The molecule has 3 unspecified atom stereocenters. The topological polar surface area (TPSA) is 149 Å². The Morgan fingerprint density at radius 2 is 1.68 bits per heavy atom. The Morgan fingerprint density at radius 3 is 2.29 bits per heavy atom. The lowest BCUT2D eigenvalue weighted by molar-refractivity contribution is -0.276. The Balaban J connectivity index is 2.76. The number of ether oxygens (including phenoxy) is 5. The number of hydrogen-bond acceptors (Lipinski definition) is 10. The summed E-state index contributed by atoms with van der Waals surface area (Å²) in [7, 11) is 0. The van der Waals surface area contributed by atoms with E-state index in [2.05, 4.69) is 10.0 Å². The molecule has 1 saturated heterocycles. The quantitative estimate of drug-likeness (QED) is 0.0704. The van der Waals surface area contributed by atoms with E-state index < -0.39 is 36.0 Å². The zero-order chi connectivity index (χ0) is 28.7. The molecule has 0 aromatic rings. The van der Waals surface area contributed by atoms with Crippen LogP contribution in [-0.4, -0.2) is 86.3 Å². The molecule has 1 rings (SSSR count). The fourth-order valence-electron chi connectivity index (χ4n) is 4.20. The predicted molar refractivity (Wildman–Crippen MR) is 140 cm³/mol. The van der Waals surface area contributed by atoms with Crippen molar-refractivity contribution in [2.24, 2.45) is 17.0 Å². The highest BCUT2D eigenvalue weighted by molar-refractivity contribution is 5.72. The highest BCUT2D eigenvalue weighted by Gasteiger charge is 2.44. The van der Waals surface area contributed by atoms with Crippen molar-refractivity contribution in [2.45, 2.75) is 98.2 Å². The van der Waals surface area contributed by atoms with Crippen molar-refractivity contribution in [1.82, 2.24) is 4.90 Å². The van der Waals surface area contributed by atoms with Gasteiger partial charge in [-0.3, -0.25) is 19.3 Å². The average Bonchev–Trinajstić information content (AvgIpc) is 2.79. The summed E-state index contributed by atoms with van der Waals surface area (Å²) >= 11 is 0. The fraction of sp³-hybridized carbons (Fsp3) is 0.885. The van der Waals surface area contributed by atoms with Gasteiger partial charge in [0.25, 0.3) is 0 Å². The predicted octanol–water partition coefficient (Wildman–Crippen LogP) is 4.01. The summed E-state index contributed by atoms with van der Waals surface area (Å²) in [6, 6.07) is 0. The van der Waals surface area contributed by atoms with Gasteiger partial charge >= 0.3 is 17.9 Å². The van der Waals surface area contributed by atoms with Crippen LogP contribution in [-0.2, 0) is 38.1 Å². The summed E-state index contributed by atoms with van der Waals surface area (Å²) in [6.45, 7) is 14.2. The molecule has 0 aromatic carbocycles. The Kier molecular flexibility index (Phi) is 15.3. The molecule has 218 valence electrons. The molecule has 0 spiro atoms. The molecule has 5 atom stereocenters. The van der Waals surface area contributed by atoms with Gasteiger partial charge in [-0.05, 0) is 57.5 Å². The van der Waals surface area contributed by atoms with Gasteiger partial charge in [-0.1, -0.05) is 31.8 Å². The highest BCUT2D eigenvalue weighted by Crippen LogP contribution is 2.33. The second-order valence-corrected chi connectivity index (χ2v) is 10.7. The summed E-state index contributed by atoms with van der Waals surface area (Å²) in [5.41, 5.74) is 7.80. The SMILES string of the molecule is CC(=O)OCC1OC(OC(C)=O)C(OCCN(CCCCCCN=[N+]=[N-])CC(=O)OC(C)(C)C)[C@@H](C)[C@@H]1C. The summed E-state index contributed by atoms with van der Waals surface area (Å²) in [5.74, 6) is -1.28. The van der Waals surface area contributed by atoms with E-state index in [1.54, 1.807) is 0 Å². The minimum absolute atomic E-state index is 0.0191. The first kappa shape index (κ1) is 33.6. The summed E-state index contributed by atoms with van der Waals surface area (Å²) in [5, 5.41) is 3.55. The monoisotopic (exact) mass is 542 g/mol. The standard InChI is InChI=1S/C26H46N4O8/c1-18-19(2)24(25(36-21(4)32)37-22(18)17-35-20(3)31)34-15-14-30(16-23(33)38-26(5,6)7)13-11-9-8-10-12-28-29-27/h18-19,22,24-25H,8-17H2,1-7H3/t18-,19-,22?,24?,25?/m0/s1. The molecule has 0 radical (unpaired) electrons. The zero-order valence-corrected chi connectivity index (χ0v) is 24.0. The second kappa shape index (κ2) is 17.2. The van der Waals surface area contributed by atoms with Gasteiger partial charge in [0, 0.05) is 31.8 Å². The largest absolute Gasteiger partial charge is 0.463 e. The van der Waals surface area contributed by atoms with Crippen LogP contribution >= 0.6 is 0 Å². The van der Waals surface area contributed by atoms with E-state index in [1.807, 2.05) is 39.5 Å². The van der Waals surface area contributed by atoms with Crippen molar-refractivity contribution in [3.63, 3.8) is 0 Å². The third-order valence-corrected chi connectivity index (χ3v) is 6.28. The molecule has 1 heterocycles. The summed E-state index contributed by atoms with van der Waals surface area (Å²) in [4.78, 5) is 40.2. The Labute approximate surface area is 226 Å². The molecule has 38 heavy (non-hydrogen) atoms. The van der Waals surface area contributed by atoms with Crippen LogP contribution in [0.3, 0.4) is 0 Å². The normalized spacial score (nSPS) is 23.4. The first-order valence-electron chi connectivity index (χ1n) is 13.4. The maximum Gasteiger partial charge on any atom is 0.320 e. The average molecular weight is 543 g/mol. The van der Waals surface area contributed by atoms with E-state index in [9.17, 15) is 14.4 Å². The summed E-state index contributed by atoms with van der Waals surface area (Å²) < 4.78 is 28.2. The molecular formula is C26H46N4O8. The molecule has 1 aliphatic heterocycles. The van der Waals surface area contributed by atoms with E-state index >= 15 is 0 Å². The number of esters is 3. The number of nitrogens with zero attached hydrogens (tertiary/aromatic N) is 4. The third-order valence-electron chi connectivity index (χ3n) is 6.28. The van der Waals surface area contributed by atoms with E-state index in [4.69, 9.17) is 29.2 Å². The maximum absolute atomic E-state index is 12.5. The van der Waals surface area contributed by atoms with Crippen molar-refractivity contribution in [1.29, 1.82) is 0 Å². The number of carbonyl (C=O) groups excluding carboxylic acids is 3. The lowest BCUT2D eigenvalue weighted by Gasteiger charge is -2.43. The van der Waals surface area contributed by atoms with Crippen LogP contribution in [0.25, 0.3) is 10.4 Å². The summed E-state index contributed by atoms with van der Waals surface area (Å²) in [6.07, 6.45) is 1.68. The van der Waals surface area contributed by atoms with Crippen molar-refractivity contribution >= 4 is 17.9 Å².